The molecule has 0 saturated carbocycles. The fourth-order valence-corrected chi connectivity index (χ4v) is 3.17. The van der Waals surface area contributed by atoms with Gasteiger partial charge in [-0.25, -0.2) is 0 Å². The van der Waals surface area contributed by atoms with Crippen LogP contribution in [-0.4, -0.2) is 11.7 Å². The van der Waals surface area contributed by atoms with Crippen LogP contribution in [0, 0.1) is 0 Å². The second kappa shape index (κ2) is 8.65. The summed E-state index contributed by atoms with van der Waals surface area (Å²) in [5.74, 6) is 0.828. The van der Waals surface area contributed by atoms with Crippen molar-refractivity contribution in [3.8, 4) is 11.5 Å². The number of thiophene rings is 1. The van der Waals surface area contributed by atoms with Gasteiger partial charge in [0.05, 0.1) is 10.6 Å². The molecule has 1 amide bonds. The first-order valence-electron chi connectivity index (χ1n) is 8.01. The maximum absolute atomic E-state index is 12.2. The second-order valence-electron chi connectivity index (χ2n) is 5.50. The molecule has 0 aliphatic rings. The number of benzene rings is 2. The van der Waals surface area contributed by atoms with E-state index in [0.29, 0.717) is 27.1 Å². The molecule has 0 spiro atoms. The molecular weight excluding hydrogens is 370 g/mol. The summed E-state index contributed by atoms with van der Waals surface area (Å²) in [6.45, 7) is 0. The van der Waals surface area contributed by atoms with Crippen LogP contribution in [0.4, 0.5) is 5.69 Å². The van der Waals surface area contributed by atoms with Gasteiger partial charge in [-0.05, 0) is 41.8 Å². The number of para-hydroxylation sites is 1. The van der Waals surface area contributed by atoms with E-state index in [2.05, 4.69) is 5.32 Å². The van der Waals surface area contributed by atoms with Crippen LogP contribution in [0.15, 0.2) is 66.0 Å². The van der Waals surface area contributed by atoms with Crippen molar-refractivity contribution in [1.82, 2.24) is 0 Å². The van der Waals surface area contributed by atoms with Crippen LogP contribution < -0.4 is 10.1 Å². The van der Waals surface area contributed by atoms with Crippen molar-refractivity contribution in [2.45, 2.75) is 12.8 Å². The highest BCUT2D eigenvalue weighted by atomic mass is 35.5. The lowest BCUT2D eigenvalue weighted by Crippen LogP contribution is -2.13. The van der Waals surface area contributed by atoms with Gasteiger partial charge in [0.25, 0.3) is 0 Å². The Morgan fingerprint density at radius 2 is 1.81 bits per heavy atom. The van der Waals surface area contributed by atoms with Crippen LogP contribution >= 0.6 is 22.9 Å². The van der Waals surface area contributed by atoms with Crippen molar-refractivity contribution in [2.24, 2.45) is 0 Å². The molecule has 1 aromatic heterocycles. The highest BCUT2D eigenvalue weighted by molar-refractivity contribution is 7.12. The monoisotopic (exact) mass is 385 g/mol. The number of nitrogens with one attached hydrogen (secondary N) is 1. The number of halogens is 1. The van der Waals surface area contributed by atoms with Gasteiger partial charge >= 0.3 is 0 Å². The van der Waals surface area contributed by atoms with Crippen molar-refractivity contribution >= 4 is 40.3 Å². The number of carbonyl (C=O) groups excluding carboxylic acids is 2. The summed E-state index contributed by atoms with van der Waals surface area (Å²) in [6, 6.07) is 17.8. The van der Waals surface area contributed by atoms with Crippen molar-refractivity contribution < 1.29 is 14.3 Å². The van der Waals surface area contributed by atoms with E-state index in [1.54, 1.807) is 24.3 Å². The first-order chi connectivity index (χ1) is 12.6. The van der Waals surface area contributed by atoms with Crippen molar-refractivity contribution in [3.63, 3.8) is 0 Å². The number of amides is 1. The van der Waals surface area contributed by atoms with E-state index >= 15 is 0 Å². The third-order valence-corrected chi connectivity index (χ3v) is 4.71. The summed E-state index contributed by atoms with van der Waals surface area (Å²) < 4.78 is 5.81. The lowest BCUT2D eigenvalue weighted by atomic mass is 10.2. The number of anilines is 1. The van der Waals surface area contributed by atoms with Gasteiger partial charge in [0.1, 0.15) is 5.75 Å². The molecule has 0 aliphatic carbocycles. The lowest BCUT2D eigenvalue weighted by molar-refractivity contribution is -0.116. The molecule has 2 aromatic carbocycles. The van der Waals surface area contributed by atoms with E-state index in [1.807, 2.05) is 41.8 Å². The Labute approximate surface area is 160 Å². The van der Waals surface area contributed by atoms with Gasteiger partial charge in [-0.15, -0.1) is 11.3 Å². The zero-order valence-corrected chi connectivity index (χ0v) is 15.3. The summed E-state index contributed by atoms with van der Waals surface area (Å²) in [5.41, 5.74) is 0.468. The summed E-state index contributed by atoms with van der Waals surface area (Å²) in [4.78, 5) is 24.9. The van der Waals surface area contributed by atoms with E-state index in [1.165, 1.54) is 11.3 Å². The molecule has 132 valence electrons. The summed E-state index contributed by atoms with van der Waals surface area (Å²) in [5, 5.41) is 5.10. The van der Waals surface area contributed by atoms with Crippen molar-refractivity contribution in [2.75, 3.05) is 5.32 Å². The van der Waals surface area contributed by atoms with Crippen LogP contribution in [0.25, 0.3) is 0 Å². The normalized spacial score (nSPS) is 10.3. The quantitative estimate of drug-likeness (QED) is 0.523. The maximum Gasteiger partial charge on any atom is 0.224 e. The summed E-state index contributed by atoms with van der Waals surface area (Å²) >= 11 is 7.41. The Balaban J connectivity index is 1.65. The molecule has 0 bridgehead atoms. The van der Waals surface area contributed by atoms with Crippen LogP contribution in [-0.2, 0) is 4.79 Å². The zero-order valence-electron chi connectivity index (χ0n) is 13.8. The van der Waals surface area contributed by atoms with Gasteiger partial charge in [-0.3, -0.25) is 9.59 Å². The minimum Gasteiger partial charge on any atom is -0.455 e. The first kappa shape index (κ1) is 18.2. The molecule has 0 fully saturated rings. The fourth-order valence-electron chi connectivity index (χ4n) is 2.30. The molecule has 1 heterocycles. The number of ketones is 1. The van der Waals surface area contributed by atoms with Crippen molar-refractivity contribution in [1.29, 1.82) is 0 Å². The van der Waals surface area contributed by atoms with Gasteiger partial charge in [-0.2, -0.15) is 0 Å². The molecule has 0 saturated heterocycles. The van der Waals surface area contributed by atoms with Gasteiger partial charge in [-0.1, -0.05) is 35.9 Å². The Bertz CT molecular complexity index is 895. The molecule has 1 N–H and O–H groups in total. The summed E-state index contributed by atoms with van der Waals surface area (Å²) in [6.07, 6.45) is 0.246. The Morgan fingerprint density at radius 1 is 1.00 bits per heavy atom. The molecular formula is C20H16ClNO3S. The molecule has 3 aromatic rings. The number of hydrogen-bond donors (Lipinski definition) is 1. The van der Waals surface area contributed by atoms with E-state index in [4.69, 9.17) is 16.3 Å². The smallest absolute Gasteiger partial charge is 0.224 e. The number of hydrogen-bond acceptors (Lipinski definition) is 4. The average molecular weight is 386 g/mol. The van der Waals surface area contributed by atoms with Crippen molar-refractivity contribution in [3.05, 3.63) is 75.9 Å². The highest BCUT2D eigenvalue weighted by Crippen LogP contribution is 2.32. The second-order valence-corrected chi connectivity index (χ2v) is 6.89. The van der Waals surface area contributed by atoms with Crippen LogP contribution in [0.5, 0.6) is 11.5 Å². The molecule has 0 radical (unpaired) electrons. The average Bonchev–Trinajstić information content (AvgIpc) is 3.18. The van der Waals surface area contributed by atoms with Crippen LogP contribution in [0.1, 0.15) is 22.5 Å². The number of rotatable bonds is 7. The molecule has 0 aliphatic heterocycles. The Hall–Kier alpha value is -2.63. The largest absolute Gasteiger partial charge is 0.455 e. The van der Waals surface area contributed by atoms with Gasteiger partial charge in [0, 0.05) is 17.9 Å². The van der Waals surface area contributed by atoms with Gasteiger partial charge < -0.3 is 10.1 Å². The molecule has 0 atom stereocenters. The highest BCUT2D eigenvalue weighted by Gasteiger charge is 2.13. The fraction of sp³-hybridized carbons (Fsp3) is 0.100. The predicted molar refractivity (Wildman–Crippen MR) is 104 cm³/mol. The van der Waals surface area contributed by atoms with E-state index in [0.717, 1.165) is 0 Å². The Morgan fingerprint density at radius 3 is 2.54 bits per heavy atom. The van der Waals surface area contributed by atoms with Crippen LogP contribution in [0.3, 0.4) is 0 Å². The third-order valence-electron chi connectivity index (χ3n) is 3.56. The number of carbonyl (C=O) groups is 2. The molecule has 3 rings (SSSR count). The predicted octanol–water partition coefficient (Wildman–Crippen LogP) is 5.80. The third kappa shape index (κ3) is 4.94. The summed E-state index contributed by atoms with van der Waals surface area (Å²) in [7, 11) is 0. The maximum atomic E-state index is 12.2. The standard InChI is InChI=1S/C20H16ClNO3S/c21-14-8-10-18(25-15-5-2-1-3-6-15)16(13-14)22-20(24)11-9-17(23)19-7-4-12-26-19/h1-8,10,12-13H,9,11H2,(H,22,24). The van der Waals surface area contributed by atoms with E-state index < -0.39 is 0 Å². The zero-order chi connectivity index (χ0) is 18.4. The van der Waals surface area contributed by atoms with Gasteiger partial charge in [0.15, 0.2) is 11.5 Å². The minimum absolute atomic E-state index is 0.0398. The molecule has 0 unspecified atom stereocenters. The van der Waals surface area contributed by atoms with E-state index in [9.17, 15) is 9.59 Å². The Kier molecular flexibility index (Phi) is 6.04. The lowest BCUT2D eigenvalue weighted by Gasteiger charge is -2.12. The molecule has 4 nitrogen and oxygen atoms in total. The van der Waals surface area contributed by atoms with E-state index in [-0.39, 0.29) is 24.5 Å². The SMILES string of the molecule is O=C(CCC(=O)c1cccs1)Nc1cc(Cl)ccc1Oc1ccccc1. The molecule has 26 heavy (non-hydrogen) atoms. The van der Waals surface area contributed by atoms with Crippen LogP contribution in [0.2, 0.25) is 5.02 Å². The minimum atomic E-state index is -0.268. The van der Waals surface area contributed by atoms with Gasteiger partial charge in [0.2, 0.25) is 5.91 Å². The number of ether oxygens (including phenoxy) is 1. The first-order valence-corrected chi connectivity index (χ1v) is 9.26. The molecule has 6 heteroatoms. The topological polar surface area (TPSA) is 55.4 Å². The number of Topliss-reactive ketones (excluding diaryl/α,β-unsaturated/α-hetero) is 1.